The Morgan fingerprint density at radius 2 is 1.83 bits per heavy atom. The van der Waals surface area contributed by atoms with Gasteiger partial charge in [0.05, 0.1) is 16.3 Å². The fourth-order valence-corrected chi connectivity index (χ4v) is 5.18. The van der Waals surface area contributed by atoms with Crippen molar-refractivity contribution < 1.29 is 4.79 Å². The van der Waals surface area contributed by atoms with Crippen LogP contribution in [-0.2, 0) is 4.79 Å². The van der Waals surface area contributed by atoms with Crippen molar-refractivity contribution in [3.63, 3.8) is 0 Å². The molecule has 122 valence electrons. The summed E-state index contributed by atoms with van der Waals surface area (Å²) in [5, 5.41) is 1.13. The number of rotatable bonds is 2. The van der Waals surface area contributed by atoms with Crippen LogP contribution in [0.25, 0.3) is 10.2 Å². The lowest BCUT2D eigenvalue weighted by Gasteiger charge is -2.37. The molecule has 2 aliphatic rings. The van der Waals surface area contributed by atoms with Crippen LogP contribution in [0.5, 0.6) is 0 Å². The second-order valence-electron chi connectivity index (χ2n) is 6.90. The van der Waals surface area contributed by atoms with E-state index in [4.69, 9.17) is 4.98 Å². The molecule has 1 aromatic carbocycles. The van der Waals surface area contributed by atoms with E-state index in [0.29, 0.717) is 5.91 Å². The number of piperidine rings is 1. The molecule has 0 spiro atoms. The lowest BCUT2D eigenvalue weighted by atomic mass is 9.87. The second-order valence-corrected chi connectivity index (χ2v) is 7.96. The number of para-hydroxylation sites is 1. The SMILES string of the molecule is O=C(C1CCCCC1)N1CCCCC1c1nc2ccccc2s1. The molecule has 3 nitrogen and oxygen atoms in total. The summed E-state index contributed by atoms with van der Waals surface area (Å²) >= 11 is 1.77. The van der Waals surface area contributed by atoms with E-state index in [1.54, 1.807) is 11.3 Å². The summed E-state index contributed by atoms with van der Waals surface area (Å²) in [7, 11) is 0. The highest BCUT2D eigenvalue weighted by Crippen LogP contribution is 2.37. The van der Waals surface area contributed by atoms with E-state index in [1.807, 2.05) is 6.07 Å². The maximum absolute atomic E-state index is 13.1. The third-order valence-corrected chi connectivity index (χ3v) is 6.47. The molecule has 0 radical (unpaired) electrons. The molecule has 1 saturated carbocycles. The Balaban J connectivity index is 1.60. The van der Waals surface area contributed by atoms with Gasteiger partial charge in [0.25, 0.3) is 0 Å². The summed E-state index contributed by atoms with van der Waals surface area (Å²) in [6, 6.07) is 8.52. The van der Waals surface area contributed by atoms with Crippen LogP contribution >= 0.6 is 11.3 Å². The number of amides is 1. The van der Waals surface area contributed by atoms with Gasteiger partial charge in [0.1, 0.15) is 5.01 Å². The third kappa shape index (κ3) is 3.01. The third-order valence-electron chi connectivity index (χ3n) is 5.34. The quantitative estimate of drug-likeness (QED) is 0.783. The molecule has 0 bridgehead atoms. The van der Waals surface area contributed by atoms with Gasteiger partial charge in [-0.05, 0) is 44.2 Å². The second kappa shape index (κ2) is 6.60. The van der Waals surface area contributed by atoms with Crippen molar-refractivity contribution in [2.45, 2.75) is 57.4 Å². The van der Waals surface area contributed by atoms with Crippen molar-refractivity contribution in [3.05, 3.63) is 29.3 Å². The first-order valence-corrected chi connectivity index (χ1v) is 9.80. The molecule has 1 aliphatic carbocycles. The molecule has 4 heteroatoms. The van der Waals surface area contributed by atoms with Crippen LogP contribution in [0.2, 0.25) is 0 Å². The van der Waals surface area contributed by atoms with E-state index in [2.05, 4.69) is 23.1 Å². The molecular formula is C19H24N2OS. The van der Waals surface area contributed by atoms with Crippen LogP contribution in [0.3, 0.4) is 0 Å². The molecule has 1 aliphatic heterocycles. The van der Waals surface area contributed by atoms with E-state index in [-0.39, 0.29) is 12.0 Å². The Labute approximate surface area is 141 Å². The first-order chi connectivity index (χ1) is 11.3. The lowest BCUT2D eigenvalue weighted by Crippen LogP contribution is -2.42. The number of carbonyl (C=O) groups excluding carboxylic acids is 1. The minimum Gasteiger partial charge on any atom is -0.333 e. The van der Waals surface area contributed by atoms with Gasteiger partial charge in [0.15, 0.2) is 0 Å². The van der Waals surface area contributed by atoms with Crippen LogP contribution < -0.4 is 0 Å². The number of likely N-dealkylation sites (tertiary alicyclic amines) is 1. The van der Waals surface area contributed by atoms with Gasteiger partial charge in [-0.3, -0.25) is 4.79 Å². The largest absolute Gasteiger partial charge is 0.333 e. The maximum atomic E-state index is 13.1. The number of hydrogen-bond donors (Lipinski definition) is 0. The van der Waals surface area contributed by atoms with Crippen LogP contribution in [0.1, 0.15) is 62.4 Å². The van der Waals surface area contributed by atoms with Gasteiger partial charge in [0, 0.05) is 12.5 Å². The molecule has 1 unspecified atom stereocenters. The Morgan fingerprint density at radius 3 is 2.65 bits per heavy atom. The average molecular weight is 328 g/mol. The number of fused-ring (bicyclic) bond motifs is 1. The lowest BCUT2D eigenvalue weighted by molar-refractivity contribution is -0.140. The first-order valence-electron chi connectivity index (χ1n) is 8.99. The molecule has 1 atom stereocenters. The fraction of sp³-hybridized carbons (Fsp3) is 0.579. The normalized spacial score (nSPS) is 23.3. The van der Waals surface area contributed by atoms with E-state index >= 15 is 0 Å². The number of aromatic nitrogens is 1. The van der Waals surface area contributed by atoms with E-state index in [9.17, 15) is 4.79 Å². The van der Waals surface area contributed by atoms with E-state index < -0.39 is 0 Å². The van der Waals surface area contributed by atoms with Crippen molar-refractivity contribution in [2.24, 2.45) is 5.92 Å². The van der Waals surface area contributed by atoms with Gasteiger partial charge in [0.2, 0.25) is 5.91 Å². The fourth-order valence-electron chi connectivity index (χ4n) is 4.07. The smallest absolute Gasteiger partial charge is 0.226 e. The Morgan fingerprint density at radius 1 is 1.04 bits per heavy atom. The van der Waals surface area contributed by atoms with Gasteiger partial charge >= 0.3 is 0 Å². The van der Waals surface area contributed by atoms with Crippen molar-refractivity contribution in [1.29, 1.82) is 0 Å². The standard InChI is InChI=1S/C19H24N2OS/c22-19(14-8-2-1-3-9-14)21-13-7-6-11-16(21)18-20-15-10-4-5-12-17(15)23-18/h4-5,10,12,14,16H,1-3,6-9,11,13H2. The summed E-state index contributed by atoms with van der Waals surface area (Å²) in [5.74, 6) is 0.660. The number of benzene rings is 1. The Hall–Kier alpha value is -1.42. The number of hydrogen-bond acceptors (Lipinski definition) is 3. The van der Waals surface area contributed by atoms with Crippen LogP contribution in [0.15, 0.2) is 24.3 Å². The van der Waals surface area contributed by atoms with E-state index in [1.165, 1.54) is 30.4 Å². The Bertz CT molecular complexity index is 656. The number of nitrogens with zero attached hydrogens (tertiary/aromatic N) is 2. The summed E-state index contributed by atoms with van der Waals surface area (Å²) < 4.78 is 1.23. The summed E-state index contributed by atoms with van der Waals surface area (Å²) in [5.41, 5.74) is 1.07. The van der Waals surface area contributed by atoms with Crippen molar-refractivity contribution in [2.75, 3.05) is 6.54 Å². The molecule has 4 rings (SSSR count). The zero-order valence-electron chi connectivity index (χ0n) is 13.5. The van der Waals surface area contributed by atoms with Crippen molar-refractivity contribution in [1.82, 2.24) is 9.88 Å². The predicted octanol–water partition coefficient (Wildman–Crippen LogP) is 4.93. The molecule has 1 amide bonds. The van der Waals surface area contributed by atoms with Crippen LogP contribution in [0, 0.1) is 5.92 Å². The highest BCUT2D eigenvalue weighted by Gasteiger charge is 2.34. The van der Waals surface area contributed by atoms with Gasteiger partial charge in [-0.15, -0.1) is 11.3 Å². The summed E-state index contributed by atoms with van der Waals surface area (Å²) in [4.78, 5) is 20.1. The Kier molecular flexibility index (Phi) is 4.34. The van der Waals surface area contributed by atoms with Gasteiger partial charge in [-0.1, -0.05) is 31.4 Å². The molecule has 23 heavy (non-hydrogen) atoms. The van der Waals surface area contributed by atoms with Gasteiger partial charge < -0.3 is 4.90 Å². The average Bonchev–Trinajstić information content (AvgIpc) is 3.06. The zero-order valence-corrected chi connectivity index (χ0v) is 14.4. The summed E-state index contributed by atoms with van der Waals surface area (Å²) in [6.45, 7) is 0.913. The number of carbonyl (C=O) groups is 1. The number of thiazole rings is 1. The van der Waals surface area contributed by atoms with Crippen LogP contribution in [-0.4, -0.2) is 22.3 Å². The maximum Gasteiger partial charge on any atom is 0.226 e. The van der Waals surface area contributed by atoms with Crippen LogP contribution in [0.4, 0.5) is 0 Å². The highest BCUT2D eigenvalue weighted by molar-refractivity contribution is 7.18. The topological polar surface area (TPSA) is 33.2 Å². The molecule has 1 aromatic heterocycles. The molecule has 2 aromatic rings. The molecule has 0 N–H and O–H groups in total. The zero-order chi connectivity index (χ0) is 15.6. The van der Waals surface area contributed by atoms with Gasteiger partial charge in [-0.25, -0.2) is 4.98 Å². The predicted molar refractivity (Wildman–Crippen MR) is 94.5 cm³/mol. The van der Waals surface area contributed by atoms with Crippen molar-refractivity contribution in [3.8, 4) is 0 Å². The highest BCUT2D eigenvalue weighted by atomic mass is 32.1. The monoisotopic (exact) mass is 328 g/mol. The minimum absolute atomic E-state index is 0.204. The van der Waals surface area contributed by atoms with Gasteiger partial charge in [-0.2, -0.15) is 0 Å². The molecular weight excluding hydrogens is 304 g/mol. The minimum atomic E-state index is 0.204. The van der Waals surface area contributed by atoms with Crippen molar-refractivity contribution >= 4 is 27.5 Å². The molecule has 2 heterocycles. The molecule has 2 fully saturated rings. The first kappa shape index (κ1) is 15.1. The van der Waals surface area contributed by atoms with E-state index in [0.717, 1.165) is 42.8 Å². The summed E-state index contributed by atoms with van der Waals surface area (Å²) in [6.07, 6.45) is 9.31. The molecule has 1 saturated heterocycles.